The predicted molar refractivity (Wildman–Crippen MR) is 127 cm³/mol. The molecule has 1 saturated heterocycles. The minimum atomic E-state index is 0. The normalized spacial score (nSPS) is 17.5. The van der Waals surface area contributed by atoms with E-state index in [1.54, 1.807) is 0 Å². The Morgan fingerprint density at radius 2 is 1.63 bits per heavy atom. The van der Waals surface area contributed by atoms with Gasteiger partial charge in [0.25, 0.3) is 0 Å². The van der Waals surface area contributed by atoms with Crippen LogP contribution in [-0.2, 0) is 13.1 Å². The number of nitrogens with zero attached hydrogens (tertiary/aromatic N) is 3. The molecular formula is C21H38IN5. The molecule has 0 saturated carbocycles. The van der Waals surface area contributed by atoms with Gasteiger partial charge in [0.05, 0.1) is 0 Å². The van der Waals surface area contributed by atoms with Crippen LogP contribution in [0, 0.1) is 5.92 Å². The first-order valence-electron chi connectivity index (χ1n) is 10.0. The van der Waals surface area contributed by atoms with Gasteiger partial charge in [-0.05, 0) is 30.5 Å². The summed E-state index contributed by atoms with van der Waals surface area (Å²) >= 11 is 0. The zero-order valence-corrected chi connectivity index (χ0v) is 20.0. The standard InChI is InChI=1S/C21H37N5.HI/c1-6-25-11-13-26(14-12-25)16-20-10-8-7-9-19(20)15-23-21(22-5)24-18(4)17(2)3;/h7-10,17-18H,6,11-16H2,1-5H3,(H2,22,23,24);1H. The van der Waals surface area contributed by atoms with Crippen LogP contribution in [0.3, 0.4) is 0 Å². The Bertz CT molecular complexity index is 567. The first kappa shape index (κ1) is 24.2. The van der Waals surface area contributed by atoms with Gasteiger partial charge < -0.3 is 15.5 Å². The molecular weight excluding hydrogens is 449 g/mol. The Balaban J connectivity index is 0.00000364. The van der Waals surface area contributed by atoms with E-state index in [0.717, 1.165) is 38.7 Å². The molecule has 1 aliphatic heterocycles. The van der Waals surface area contributed by atoms with Crippen molar-refractivity contribution >= 4 is 29.9 Å². The van der Waals surface area contributed by atoms with Gasteiger partial charge in [0, 0.05) is 52.4 Å². The maximum atomic E-state index is 4.37. The van der Waals surface area contributed by atoms with E-state index < -0.39 is 0 Å². The van der Waals surface area contributed by atoms with Gasteiger partial charge >= 0.3 is 0 Å². The average molecular weight is 487 g/mol. The molecule has 1 unspecified atom stereocenters. The van der Waals surface area contributed by atoms with Crippen LogP contribution < -0.4 is 10.6 Å². The third-order valence-corrected chi connectivity index (χ3v) is 5.46. The maximum Gasteiger partial charge on any atom is 0.191 e. The Morgan fingerprint density at radius 1 is 1.04 bits per heavy atom. The van der Waals surface area contributed by atoms with Crippen LogP contribution in [0.2, 0.25) is 0 Å². The second kappa shape index (κ2) is 12.6. The summed E-state index contributed by atoms with van der Waals surface area (Å²) in [5.41, 5.74) is 2.77. The molecule has 0 spiro atoms. The summed E-state index contributed by atoms with van der Waals surface area (Å²) in [5, 5.41) is 6.95. The third kappa shape index (κ3) is 7.95. The summed E-state index contributed by atoms with van der Waals surface area (Å²) in [5.74, 6) is 1.44. The van der Waals surface area contributed by atoms with Gasteiger partial charge in [-0.2, -0.15) is 0 Å². The largest absolute Gasteiger partial charge is 0.354 e. The zero-order chi connectivity index (χ0) is 18.9. The molecule has 2 N–H and O–H groups in total. The van der Waals surface area contributed by atoms with Crippen LogP contribution in [0.25, 0.3) is 0 Å². The van der Waals surface area contributed by atoms with Gasteiger partial charge in [-0.25, -0.2) is 0 Å². The highest BCUT2D eigenvalue weighted by atomic mass is 127. The number of likely N-dealkylation sites (N-methyl/N-ethyl adjacent to an activating group) is 1. The Hall–Kier alpha value is -0.860. The molecule has 0 radical (unpaired) electrons. The summed E-state index contributed by atoms with van der Waals surface area (Å²) in [6.07, 6.45) is 0. The van der Waals surface area contributed by atoms with Crippen LogP contribution in [0.5, 0.6) is 0 Å². The molecule has 1 aromatic carbocycles. The minimum absolute atomic E-state index is 0. The number of halogens is 1. The molecule has 27 heavy (non-hydrogen) atoms. The van der Waals surface area contributed by atoms with E-state index in [1.807, 2.05) is 7.05 Å². The van der Waals surface area contributed by atoms with Gasteiger partial charge in [0.2, 0.25) is 0 Å². The van der Waals surface area contributed by atoms with Crippen molar-refractivity contribution < 1.29 is 0 Å². The van der Waals surface area contributed by atoms with E-state index in [2.05, 4.69) is 77.4 Å². The summed E-state index contributed by atoms with van der Waals surface area (Å²) in [7, 11) is 1.83. The van der Waals surface area contributed by atoms with Crippen molar-refractivity contribution in [2.75, 3.05) is 39.8 Å². The summed E-state index contributed by atoms with van der Waals surface area (Å²) in [4.78, 5) is 9.46. The Labute approximate surface area is 183 Å². The molecule has 0 bridgehead atoms. The van der Waals surface area contributed by atoms with E-state index in [4.69, 9.17) is 0 Å². The van der Waals surface area contributed by atoms with Crippen molar-refractivity contribution in [2.45, 2.75) is 46.8 Å². The lowest BCUT2D eigenvalue weighted by atomic mass is 10.1. The summed E-state index contributed by atoms with van der Waals surface area (Å²) in [6.45, 7) is 16.6. The Morgan fingerprint density at radius 3 is 2.19 bits per heavy atom. The SMILES string of the molecule is CCN1CCN(Cc2ccccc2CNC(=NC)NC(C)C(C)C)CC1.I. The lowest BCUT2D eigenvalue weighted by Crippen LogP contribution is -2.46. The number of rotatable bonds is 7. The smallest absolute Gasteiger partial charge is 0.191 e. The molecule has 5 nitrogen and oxygen atoms in total. The molecule has 6 heteroatoms. The Kier molecular flexibility index (Phi) is 11.3. The number of piperazine rings is 1. The predicted octanol–water partition coefficient (Wildman–Crippen LogP) is 3.15. The molecule has 1 aromatic rings. The van der Waals surface area contributed by atoms with Crippen LogP contribution >= 0.6 is 24.0 Å². The van der Waals surface area contributed by atoms with E-state index in [9.17, 15) is 0 Å². The molecule has 1 heterocycles. The van der Waals surface area contributed by atoms with Gasteiger partial charge in [0.15, 0.2) is 5.96 Å². The number of hydrogen-bond acceptors (Lipinski definition) is 3. The molecule has 0 aromatic heterocycles. The second-order valence-corrected chi connectivity index (χ2v) is 7.58. The van der Waals surface area contributed by atoms with Crippen molar-refractivity contribution in [3.8, 4) is 0 Å². The van der Waals surface area contributed by atoms with E-state index >= 15 is 0 Å². The zero-order valence-electron chi connectivity index (χ0n) is 17.7. The summed E-state index contributed by atoms with van der Waals surface area (Å²) < 4.78 is 0. The average Bonchev–Trinajstić information content (AvgIpc) is 2.66. The van der Waals surface area contributed by atoms with Gasteiger partial charge in [-0.15, -0.1) is 24.0 Å². The summed E-state index contributed by atoms with van der Waals surface area (Å²) in [6, 6.07) is 9.16. The molecule has 1 aliphatic rings. The first-order valence-corrected chi connectivity index (χ1v) is 10.0. The lowest BCUT2D eigenvalue weighted by Gasteiger charge is -2.34. The van der Waals surface area contributed by atoms with Crippen molar-refractivity contribution in [1.82, 2.24) is 20.4 Å². The third-order valence-electron chi connectivity index (χ3n) is 5.46. The lowest BCUT2D eigenvalue weighted by molar-refractivity contribution is 0.131. The number of aliphatic imine (C=N–C) groups is 1. The topological polar surface area (TPSA) is 42.9 Å². The molecule has 2 rings (SSSR count). The number of nitrogens with one attached hydrogen (secondary N) is 2. The molecule has 154 valence electrons. The van der Waals surface area contributed by atoms with E-state index in [0.29, 0.717) is 12.0 Å². The number of hydrogen-bond donors (Lipinski definition) is 2. The highest BCUT2D eigenvalue weighted by molar-refractivity contribution is 14.0. The maximum absolute atomic E-state index is 4.37. The number of benzene rings is 1. The molecule has 1 fully saturated rings. The van der Waals surface area contributed by atoms with Crippen molar-refractivity contribution in [3.63, 3.8) is 0 Å². The quantitative estimate of drug-likeness (QED) is 0.353. The van der Waals surface area contributed by atoms with Crippen LogP contribution in [0.4, 0.5) is 0 Å². The minimum Gasteiger partial charge on any atom is -0.354 e. The van der Waals surface area contributed by atoms with Crippen molar-refractivity contribution in [1.29, 1.82) is 0 Å². The fraction of sp³-hybridized carbons (Fsp3) is 0.667. The fourth-order valence-corrected chi connectivity index (χ4v) is 3.14. The van der Waals surface area contributed by atoms with Gasteiger partial charge in [-0.1, -0.05) is 45.0 Å². The second-order valence-electron chi connectivity index (χ2n) is 7.58. The van der Waals surface area contributed by atoms with Gasteiger partial charge in [-0.3, -0.25) is 9.89 Å². The number of guanidine groups is 1. The van der Waals surface area contributed by atoms with Crippen LogP contribution in [-0.4, -0.2) is 61.6 Å². The van der Waals surface area contributed by atoms with E-state index in [-0.39, 0.29) is 24.0 Å². The van der Waals surface area contributed by atoms with Crippen LogP contribution in [0.15, 0.2) is 29.3 Å². The first-order chi connectivity index (χ1) is 12.5. The highest BCUT2D eigenvalue weighted by Gasteiger charge is 2.16. The fourth-order valence-electron chi connectivity index (χ4n) is 3.14. The monoisotopic (exact) mass is 487 g/mol. The van der Waals surface area contributed by atoms with Crippen molar-refractivity contribution in [3.05, 3.63) is 35.4 Å². The van der Waals surface area contributed by atoms with Crippen LogP contribution in [0.1, 0.15) is 38.8 Å². The molecule has 1 atom stereocenters. The van der Waals surface area contributed by atoms with E-state index in [1.165, 1.54) is 24.2 Å². The van der Waals surface area contributed by atoms with Gasteiger partial charge in [0.1, 0.15) is 0 Å². The molecule has 0 aliphatic carbocycles. The van der Waals surface area contributed by atoms with Crippen molar-refractivity contribution in [2.24, 2.45) is 10.9 Å². The highest BCUT2D eigenvalue weighted by Crippen LogP contribution is 2.13. The molecule has 0 amide bonds.